The largest absolute Gasteiger partial charge is 0.310 e. The lowest BCUT2D eigenvalue weighted by Crippen LogP contribution is -2.30. The van der Waals surface area contributed by atoms with Crippen LogP contribution in [-0.2, 0) is 21.9 Å². The third kappa shape index (κ3) is 4.88. The maximum atomic E-state index is 6.42. The van der Waals surface area contributed by atoms with Crippen LogP contribution in [0.1, 0.15) is 93.5 Å². The molecule has 4 heterocycles. The van der Waals surface area contributed by atoms with Gasteiger partial charge in [-0.05, 0) is 75.0 Å². The van der Waals surface area contributed by atoms with Gasteiger partial charge in [0, 0.05) is 21.9 Å². The fourth-order valence-corrected chi connectivity index (χ4v) is 5.04. The molecule has 0 radical (unpaired) electrons. The van der Waals surface area contributed by atoms with E-state index >= 15 is 0 Å². The molecule has 0 spiro atoms. The summed E-state index contributed by atoms with van der Waals surface area (Å²) in [4.78, 5) is 28.0. The van der Waals surface area contributed by atoms with Crippen LogP contribution < -0.4 is 0 Å². The molecule has 10 heteroatoms. The number of rotatable bonds is 5. The number of imidazole rings is 2. The Morgan fingerprint density at radius 2 is 1.28 bits per heavy atom. The van der Waals surface area contributed by atoms with Crippen molar-refractivity contribution in [3.63, 3.8) is 0 Å². The van der Waals surface area contributed by atoms with Gasteiger partial charge in [0.05, 0.1) is 24.0 Å². The second kappa shape index (κ2) is 8.72. The van der Waals surface area contributed by atoms with Crippen LogP contribution in [0.25, 0.3) is 22.3 Å². The van der Waals surface area contributed by atoms with Gasteiger partial charge in [-0.25, -0.2) is 24.9 Å². The van der Waals surface area contributed by atoms with E-state index in [0.717, 1.165) is 46.6 Å². The van der Waals surface area contributed by atoms with Crippen molar-refractivity contribution in [2.75, 3.05) is 0 Å². The van der Waals surface area contributed by atoms with Gasteiger partial charge in [0.2, 0.25) is 5.28 Å². The molecule has 0 N–H and O–H groups in total. The van der Waals surface area contributed by atoms with Gasteiger partial charge in [-0.3, -0.25) is 0 Å². The van der Waals surface area contributed by atoms with E-state index in [1.807, 2.05) is 12.7 Å². The SMILES string of the molecule is CC(C)(C)c1nc(Br)nc2c1ncn2C(C)(C)CCC(C)(C)c1nc(Cl)nc2c1ncn2C(C)(C)C. The topological polar surface area (TPSA) is 87.2 Å². The number of halogens is 2. The van der Waals surface area contributed by atoms with Crippen LogP contribution in [0.3, 0.4) is 0 Å². The molecule has 0 atom stereocenters. The Morgan fingerprint density at radius 1 is 0.722 bits per heavy atom. The zero-order valence-corrected chi connectivity index (χ0v) is 25.2. The van der Waals surface area contributed by atoms with Crippen molar-refractivity contribution in [3.05, 3.63) is 34.1 Å². The summed E-state index contributed by atoms with van der Waals surface area (Å²) in [7, 11) is 0. The van der Waals surface area contributed by atoms with Gasteiger partial charge < -0.3 is 9.13 Å². The van der Waals surface area contributed by atoms with Gasteiger partial charge in [0.1, 0.15) is 11.0 Å². The number of nitrogens with zero attached hydrogens (tertiary/aromatic N) is 8. The van der Waals surface area contributed by atoms with E-state index in [1.165, 1.54) is 0 Å². The minimum absolute atomic E-state index is 0.150. The van der Waals surface area contributed by atoms with Crippen molar-refractivity contribution < 1.29 is 0 Å². The van der Waals surface area contributed by atoms with Crippen molar-refractivity contribution in [1.82, 2.24) is 39.0 Å². The number of hydrogen-bond acceptors (Lipinski definition) is 6. The summed E-state index contributed by atoms with van der Waals surface area (Å²) in [5, 5.41) is 0.243. The van der Waals surface area contributed by atoms with E-state index in [9.17, 15) is 0 Å². The molecule has 8 nitrogen and oxygen atoms in total. The first-order valence-electron chi connectivity index (χ1n) is 12.2. The Balaban J connectivity index is 1.70. The molecule has 194 valence electrons. The third-order valence-electron chi connectivity index (χ3n) is 6.83. The molecule has 4 aromatic rings. The summed E-state index contributed by atoms with van der Waals surface area (Å²) in [6.07, 6.45) is 5.43. The molecule has 0 fully saturated rings. The number of fused-ring (bicyclic) bond motifs is 2. The summed E-state index contributed by atoms with van der Waals surface area (Å²) in [5.74, 6) is 0. The average molecular weight is 576 g/mol. The van der Waals surface area contributed by atoms with E-state index in [-0.39, 0.29) is 27.2 Å². The second-order valence-electron chi connectivity index (χ2n) is 12.9. The first-order chi connectivity index (χ1) is 16.4. The highest BCUT2D eigenvalue weighted by Crippen LogP contribution is 2.38. The molecule has 36 heavy (non-hydrogen) atoms. The number of hydrogen-bond donors (Lipinski definition) is 0. The molecule has 0 saturated heterocycles. The Morgan fingerprint density at radius 3 is 1.86 bits per heavy atom. The minimum atomic E-state index is -0.290. The van der Waals surface area contributed by atoms with Crippen molar-refractivity contribution in [1.29, 1.82) is 0 Å². The quantitative estimate of drug-likeness (QED) is 0.240. The molecule has 0 unspecified atom stereocenters. The van der Waals surface area contributed by atoms with Crippen LogP contribution in [0.15, 0.2) is 17.4 Å². The molecule has 0 aliphatic carbocycles. The van der Waals surface area contributed by atoms with Crippen LogP contribution >= 0.6 is 27.5 Å². The van der Waals surface area contributed by atoms with Crippen LogP contribution in [0, 0.1) is 0 Å². The monoisotopic (exact) mass is 574 g/mol. The summed E-state index contributed by atoms with van der Waals surface area (Å²) in [6.45, 7) is 21.6. The Bertz CT molecular complexity index is 1440. The summed E-state index contributed by atoms with van der Waals surface area (Å²) in [5.41, 5.74) is 4.18. The standard InChI is InChI=1S/C26H36BrClN8/c1-23(2,3)17-15-19(33-21(27)31-17)36(14-30-15)26(9,10)12-11-25(7,8)18-16-20(34-22(28)32-18)35(13-29-16)24(4,5)6/h13-14H,11-12H2,1-10H3. The average Bonchev–Trinajstić information content (AvgIpc) is 3.34. The van der Waals surface area contributed by atoms with Gasteiger partial charge in [-0.1, -0.05) is 34.6 Å². The van der Waals surface area contributed by atoms with Gasteiger partial charge in [-0.2, -0.15) is 4.98 Å². The molecule has 0 aliphatic heterocycles. The third-order valence-corrected chi connectivity index (χ3v) is 7.35. The summed E-state index contributed by atoms with van der Waals surface area (Å²) >= 11 is 9.93. The van der Waals surface area contributed by atoms with Gasteiger partial charge >= 0.3 is 0 Å². The van der Waals surface area contributed by atoms with Crippen molar-refractivity contribution in [2.24, 2.45) is 0 Å². The van der Waals surface area contributed by atoms with Crippen LogP contribution in [0.2, 0.25) is 5.28 Å². The molecule has 0 bridgehead atoms. The maximum absolute atomic E-state index is 6.42. The minimum Gasteiger partial charge on any atom is -0.310 e. The van der Waals surface area contributed by atoms with Crippen molar-refractivity contribution in [3.8, 4) is 0 Å². The molecule has 4 aromatic heterocycles. The fraction of sp³-hybridized carbons (Fsp3) is 0.615. The highest BCUT2D eigenvalue weighted by Gasteiger charge is 2.33. The zero-order chi connectivity index (χ0) is 26.8. The summed E-state index contributed by atoms with van der Waals surface area (Å²) < 4.78 is 4.79. The summed E-state index contributed by atoms with van der Waals surface area (Å²) in [6, 6.07) is 0. The first-order valence-corrected chi connectivity index (χ1v) is 13.4. The normalized spacial score (nSPS) is 13.8. The lowest BCUT2D eigenvalue weighted by molar-refractivity contribution is 0.287. The highest BCUT2D eigenvalue weighted by molar-refractivity contribution is 9.10. The van der Waals surface area contributed by atoms with Crippen LogP contribution in [-0.4, -0.2) is 39.0 Å². The molecular weight excluding hydrogens is 540 g/mol. The zero-order valence-electron chi connectivity index (χ0n) is 22.9. The van der Waals surface area contributed by atoms with Crippen molar-refractivity contribution >= 4 is 49.9 Å². The van der Waals surface area contributed by atoms with Crippen LogP contribution in [0.4, 0.5) is 0 Å². The Hall–Kier alpha value is -2.13. The molecule has 4 rings (SSSR count). The van der Waals surface area contributed by atoms with E-state index < -0.39 is 0 Å². The molecule has 0 aliphatic rings. The van der Waals surface area contributed by atoms with E-state index in [0.29, 0.717) is 4.73 Å². The number of aromatic nitrogens is 8. The van der Waals surface area contributed by atoms with Crippen molar-refractivity contribution in [2.45, 2.75) is 104 Å². The smallest absolute Gasteiger partial charge is 0.224 e. The van der Waals surface area contributed by atoms with Gasteiger partial charge in [0.25, 0.3) is 0 Å². The van der Waals surface area contributed by atoms with Gasteiger partial charge in [0.15, 0.2) is 16.0 Å². The highest BCUT2D eigenvalue weighted by atomic mass is 79.9. The van der Waals surface area contributed by atoms with E-state index in [2.05, 4.69) is 109 Å². The molecular formula is C26H36BrClN8. The predicted octanol–water partition coefficient (Wildman–Crippen LogP) is 6.93. The molecule has 0 amide bonds. The lowest BCUT2D eigenvalue weighted by Gasteiger charge is -2.32. The first kappa shape index (κ1) is 26.9. The van der Waals surface area contributed by atoms with E-state index in [1.54, 1.807) is 0 Å². The molecule has 0 aromatic carbocycles. The fourth-order valence-electron chi connectivity index (χ4n) is 4.53. The van der Waals surface area contributed by atoms with Crippen LogP contribution in [0.5, 0.6) is 0 Å². The maximum Gasteiger partial charge on any atom is 0.224 e. The Kier molecular flexibility index (Phi) is 6.52. The Labute approximate surface area is 226 Å². The van der Waals surface area contributed by atoms with E-state index in [4.69, 9.17) is 26.6 Å². The predicted molar refractivity (Wildman–Crippen MR) is 149 cm³/mol. The molecule has 0 saturated carbocycles. The lowest BCUT2D eigenvalue weighted by atomic mass is 9.80. The second-order valence-corrected chi connectivity index (χ2v) is 13.9. The van der Waals surface area contributed by atoms with Gasteiger partial charge in [-0.15, -0.1) is 0 Å².